The van der Waals surface area contributed by atoms with Gasteiger partial charge >= 0.3 is 0 Å². The van der Waals surface area contributed by atoms with E-state index < -0.39 is 0 Å². The number of aromatic amines is 1. The Morgan fingerprint density at radius 2 is 1.67 bits per heavy atom. The van der Waals surface area contributed by atoms with Crippen LogP contribution in [0.25, 0.3) is 16.8 Å². The zero-order chi connectivity index (χ0) is 14.8. The highest BCUT2D eigenvalue weighted by atomic mass is 16.1. The molecule has 0 saturated heterocycles. The van der Waals surface area contributed by atoms with Gasteiger partial charge in [0, 0.05) is 0 Å². The number of nitrogens with one attached hydrogen (secondary N) is 1. The molecule has 2 aromatic carbocycles. The van der Waals surface area contributed by atoms with E-state index in [1.54, 1.807) is 0 Å². The molecule has 1 N–H and O–H groups in total. The van der Waals surface area contributed by atoms with Crippen molar-refractivity contribution in [3.05, 3.63) is 76.2 Å². The lowest BCUT2D eigenvalue weighted by atomic mass is 10.0. The van der Waals surface area contributed by atoms with Gasteiger partial charge in [0.1, 0.15) is 0 Å². The molecule has 1 heterocycles. The predicted molar refractivity (Wildman–Crippen MR) is 85.9 cm³/mol. The molecule has 0 saturated carbocycles. The molecule has 0 amide bonds. The van der Waals surface area contributed by atoms with Gasteiger partial charge in [-0.05, 0) is 31.0 Å². The number of hydrogen-bond acceptors (Lipinski definition) is 1. The van der Waals surface area contributed by atoms with Crippen molar-refractivity contribution >= 4 is 0 Å². The number of H-pyrrole nitrogens is 1. The summed E-state index contributed by atoms with van der Waals surface area (Å²) in [6, 6.07) is 18.0. The van der Waals surface area contributed by atoms with E-state index in [2.05, 4.69) is 12.0 Å². The zero-order valence-corrected chi connectivity index (χ0v) is 12.3. The average Bonchev–Trinajstić information content (AvgIpc) is 2.85. The molecule has 0 spiro atoms. The zero-order valence-electron chi connectivity index (χ0n) is 12.3. The molecule has 3 aromatic rings. The molecule has 0 aliphatic carbocycles. The fourth-order valence-corrected chi connectivity index (χ4v) is 2.62. The summed E-state index contributed by atoms with van der Waals surface area (Å²) in [6.07, 6.45) is 0.789. The Balaban J connectivity index is 2.21. The SMILES string of the molecule is CCc1c(-c2ccc(C)cc2)c(=O)[nH]n1-c1ccccc1. The van der Waals surface area contributed by atoms with Crippen molar-refractivity contribution in [2.75, 3.05) is 0 Å². The van der Waals surface area contributed by atoms with Crippen LogP contribution in [0.3, 0.4) is 0 Å². The van der Waals surface area contributed by atoms with Crippen LogP contribution < -0.4 is 5.56 Å². The van der Waals surface area contributed by atoms with Crippen molar-refractivity contribution < 1.29 is 0 Å². The van der Waals surface area contributed by atoms with Crippen LogP contribution in [-0.4, -0.2) is 9.78 Å². The van der Waals surface area contributed by atoms with E-state index in [-0.39, 0.29) is 5.56 Å². The molecule has 1 aromatic heterocycles. The number of benzene rings is 2. The lowest BCUT2D eigenvalue weighted by Crippen LogP contribution is -2.05. The Morgan fingerprint density at radius 3 is 2.29 bits per heavy atom. The summed E-state index contributed by atoms with van der Waals surface area (Å²) in [5, 5.41) is 2.95. The van der Waals surface area contributed by atoms with Crippen LogP contribution in [0, 0.1) is 6.92 Å². The first-order valence-electron chi connectivity index (χ1n) is 7.17. The summed E-state index contributed by atoms with van der Waals surface area (Å²) in [7, 11) is 0. The lowest BCUT2D eigenvalue weighted by molar-refractivity contribution is 0.805. The van der Waals surface area contributed by atoms with Gasteiger partial charge in [0.05, 0.1) is 16.9 Å². The summed E-state index contributed by atoms with van der Waals surface area (Å²) in [5.41, 5.74) is 4.87. The minimum atomic E-state index is -0.0421. The fourth-order valence-electron chi connectivity index (χ4n) is 2.62. The van der Waals surface area contributed by atoms with E-state index in [1.807, 2.05) is 66.2 Å². The molecule has 0 fully saturated rings. The van der Waals surface area contributed by atoms with E-state index in [0.717, 1.165) is 28.9 Å². The molecule has 3 rings (SSSR count). The second kappa shape index (κ2) is 5.44. The Morgan fingerprint density at radius 1 is 1.00 bits per heavy atom. The summed E-state index contributed by atoms with van der Waals surface area (Å²) < 4.78 is 1.89. The highest BCUT2D eigenvalue weighted by molar-refractivity contribution is 5.66. The quantitative estimate of drug-likeness (QED) is 0.779. The Labute approximate surface area is 123 Å². The Bertz CT molecular complexity index is 795. The van der Waals surface area contributed by atoms with Crippen LogP contribution in [0.1, 0.15) is 18.2 Å². The molecule has 0 aliphatic rings. The number of hydrogen-bond donors (Lipinski definition) is 1. The maximum atomic E-state index is 12.4. The van der Waals surface area contributed by atoms with Crippen molar-refractivity contribution in [3.8, 4) is 16.8 Å². The van der Waals surface area contributed by atoms with Crippen LogP contribution in [0.2, 0.25) is 0 Å². The van der Waals surface area contributed by atoms with E-state index >= 15 is 0 Å². The first-order chi connectivity index (χ1) is 10.2. The van der Waals surface area contributed by atoms with Crippen molar-refractivity contribution in [3.63, 3.8) is 0 Å². The number of nitrogens with zero attached hydrogens (tertiary/aromatic N) is 1. The van der Waals surface area contributed by atoms with Crippen molar-refractivity contribution in [1.82, 2.24) is 9.78 Å². The highest BCUT2D eigenvalue weighted by Crippen LogP contribution is 2.23. The Hall–Kier alpha value is -2.55. The molecule has 0 aliphatic heterocycles. The van der Waals surface area contributed by atoms with Gasteiger partial charge in [-0.1, -0.05) is 55.0 Å². The van der Waals surface area contributed by atoms with Crippen molar-refractivity contribution in [2.24, 2.45) is 0 Å². The second-order valence-corrected chi connectivity index (χ2v) is 5.15. The number of para-hydroxylation sites is 1. The van der Waals surface area contributed by atoms with E-state index in [1.165, 1.54) is 5.56 Å². The molecule has 0 atom stereocenters. The molecule has 3 nitrogen and oxygen atoms in total. The van der Waals surface area contributed by atoms with Gasteiger partial charge in [0.2, 0.25) is 0 Å². The molecule has 0 unspecified atom stereocenters. The smallest absolute Gasteiger partial charge is 0.267 e. The molecular weight excluding hydrogens is 260 g/mol. The van der Waals surface area contributed by atoms with Gasteiger partial charge < -0.3 is 0 Å². The van der Waals surface area contributed by atoms with Crippen LogP contribution in [0.15, 0.2) is 59.4 Å². The molecule has 0 radical (unpaired) electrons. The van der Waals surface area contributed by atoms with Crippen LogP contribution in [-0.2, 0) is 6.42 Å². The monoisotopic (exact) mass is 278 g/mol. The minimum Gasteiger partial charge on any atom is -0.267 e. The number of aromatic nitrogens is 2. The first kappa shape index (κ1) is 13.4. The molecular formula is C18H18N2O. The van der Waals surface area contributed by atoms with Gasteiger partial charge in [0.25, 0.3) is 5.56 Å². The average molecular weight is 278 g/mol. The second-order valence-electron chi connectivity index (χ2n) is 5.15. The van der Waals surface area contributed by atoms with Crippen LogP contribution in [0.5, 0.6) is 0 Å². The summed E-state index contributed by atoms with van der Waals surface area (Å²) in [6.45, 7) is 4.11. The van der Waals surface area contributed by atoms with Gasteiger partial charge in [0.15, 0.2) is 0 Å². The van der Waals surface area contributed by atoms with Gasteiger partial charge in [-0.3, -0.25) is 14.6 Å². The van der Waals surface area contributed by atoms with Gasteiger partial charge in [-0.15, -0.1) is 0 Å². The van der Waals surface area contributed by atoms with Gasteiger partial charge in [-0.2, -0.15) is 0 Å². The largest absolute Gasteiger partial charge is 0.272 e. The third-order valence-corrected chi connectivity index (χ3v) is 3.69. The topological polar surface area (TPSA) is 37.8 Å². The number of aryl methyl sites for hydroxylation is 1. The molecule has 21 heavy (non-hydrogen) atoms. The Kier molecular flexibility index (Phi) is 3.48. The third kappa shape index (κ3) is 2.42. The highest BCUT2D eigenvalue weighted by Gasteiger charge is 2.15. The first-order valence-corrected chi connectivity index (χ1v) is 7.17. The maximum Gasteiger partial charge on any atom is 0.272 e. The van der Waals surface area contributed by atoms with E-state index in [4.69, 9.17) is 0 Å². The van der Waals surface area contributed by atoms with Crippen molar-refractivity contribution in [1.29, 1.82) is 0 Å². The number of rotatable bonds is 3. The minimum absolute atomic E-state index is 0.0421. The summed E-state index contributed by atoms with van der Waals surface area (Å²) in [4.78, 5) is 12.4. The van der Waals surface area contributed by atoms with Crippen LogP contribution in [0.4, 0.5) is 0 Å². The predicted octanol–water partition coefficient (Wildman–Crippen LogP) is 3.70. The standard InChI is InChI=1S/C18H18N2O/c1-3-16-17(14-11-9-13(2)10-12-14)18(21)19-20(16)15-7-5-4-6-8-15/h4-12H,3H2,1-2H3,(H,19,21). The summed E-state index contributed by atoms with van der Waals surface area (Å²) >= 11 is 0. The molecule has 3 heteroatoms. The third-order valence-electron chi connectivity index (χ3n) is 3.69. The fraction of sp³-hybridized carbons (Fsp3) is 0.167. The van der Waals surface area contributed by atoms with Crippen molar-refractivity contribution in [2.45, 2.75) is 20.3 Å². The van der Waals surface area contributed by atoms with Crippen LogP contribution >= 0.6 is 0 Å². The molecule has 106 valence electrons. The maximum absolute atomic E-state index is 12.4. The normalized spacial score (nSPS) is 10.8. The van der Waals surface area contributed by atoms with E-state index in [9.17, 15) is 4.79 Å². The molecule has 0 bridgehead atoms. The summed E-state index contributed by atoms with van der Waals surface area (Å²) in [5.74, 6) is 0. The van der Waals surface area contributed by atoms with E-state index in [0.29, 0.717) is 0 Å². The lowest BCUT2D eigenvalue weighted by Gasteiger charge is -2.08. The van der Waals surface area contributed by atoms with Gasteiger partial charge in [-0.25, -0.2) is 0 Å².